The van der Waals surface area contributed by atoms with Crippen LogP contribution in [0.25, 0.3) is 11.6 Å². The highest BCUT2D eigenvalue weighted by molar-refractivity contribution is 5.48. The maximum absolute atomic E-state index is 5.30. The quantitative estimate of drug-likeness (QED) is 0.807. The van der Waals surface area contributed by atoms with Crippen LogP contribution in [0.3, 0.4) is 0 Å². The summed E-state index contributed by atoms with van der Waals surface area (Å²) in [5.41, 5.74) is 0.644. The third-order valence-corrected chi connectivity index (χ3v) is 2.90. The van der Waals surface area contributed by atoms with Crippen LogP contribution in [-0.2, 0) is 11.2 Å². The molecule has 2 aromatic heterocycles. The molecule has 0 saturated carbocycles. The van der Waals surface area contributed by atoms with Crippen LogP contribution < -0.4 is 0 Å². The lowest BCUT2D eigenvalue weighted by Crippen LogP contribution is -1.99. The number of hydrogen-bond donors (Lipinski definition) is 0. The van der Waals surface area contributed by atoms with E-state index in [0.717, 1.165) is 25.2 Å². The van der Waals surface area contributed by atoms with E-state index in [9.17, 15) is 0 Å². The molecule has 0 radical (unpaired) electrons. The van der Waals surface area contributed by atoms with Crippen LogP contribution in [0.1, 0.15) is 30.8 Å². The topological polar surface area (TPSA) is 74.2 Å². The van der Waals surface area contributed by atoms with Crippen molar-refractivity contribution in [1.82, 2.24) is 15.1 Å². The molecule has 0 aromatic carbocycles. The van der Waals surface area contributed by atoms with Crippen molar-refractivity contribution in [2.24, 2.45) is 0 Å². The lowest BCUT2D eigenvalue weighted by Gasteiger charge is -1.97. The van der Waals surface area contributed by atoms with Crippen LogP contribution in [0, 0.1) is 0 Å². The van der Waals surface area contributed by atoms with Gasteiger partial charge in [-0.3, -0.25) is 0 Å². The molecule has 3 rings (SSSR count). The molecule has 0 unspecified atom stereocenters. The Labute approximate surface area is 98.0 Å². The van der Waals surface area contributed by atoms with Crippen molar-refractivity contribution in [2.75, 3.05) is 13.2 Å². The molecule has 90 valence electrons. The number of oxazole rings is 1. The Morgan fingerprint density at radius 2 is 2.41 bits per heavy atom. The van der Waals surface area contributed by atoms with Crippen LogP contribution >= 0.6 is 0 Å². The minimum Gasteiger partial charge on any atom is -0.448 e. The zero-order valence-electron chi connectivity index (χ0n) is 9.55. The van der Waals surface area contributed by atoms with Crippen LogP contribution in [-0.4, -0.2) is 28.3 Å². The third-order valence-electron chi connectivity index (χ3n) is 2.90. The summed E-state index contributed by atoms with van der Waals surface area (Å²) in [6.07, 6.45) is 3.09. The van der Waals surface area contributed by atoms with Gasteiger partial charge in [0.25, 0.3) is 5.89 Å². The summed E-state index contributed by atoms with van der Waals surface area (Å²) in [4.78, 5) is 8.47. The van der Waals surface area contributed by atoms with Gasteiger partial charge in [0.1, 0.15) is 5.76 Å². The summed E-state index contributed by atoms with van der Waals surface area (Å²) in [5, 5.41) is 3.98. The zero-order valence-corrected chi connectivity index (χ0v) is 9.55. The molecular weight excluding hydrogens is 222 g/mol. The minimum atomic E-state index is 0.240. The van der Waals surface area contributed by atoms with Crippen molar-refractivity contribution in [3.8, 4) is 11.6 Å². The molecule has 0 N–H and O–H groups in total. The van der Waals surface area contributed by atoms with E-state index in [1.165, 1.54) is 6.39 Å². The Bertz CT molecular complexity index is 500. The fourth-order valence-electron chi connectivity index (χ4n) is 1.93. The summed E-state index contributed by atoms with van der Waals surface area (Å²) in [6.45, 7) is 3.42. The van der Waals surface area contributed by atoms with Crippen LogP contribution in [0.4, 0.5) is 0 Å². The second-order valence-electron chi connectivity index (χ2n) is 4.00. The molecule has 3 heterocycles. The van der Waals surface area contributed by atoms with Crippen LogP contribution in [0.5, 0.6) is 0 Å². The molecule has 0 aliphatic carbocycles. The highest BCUT2D eigenvalue weighted by Crippen LogP contribution is 2.26. The van der Waals surface area contributed by atoms with Gasteiger partial charge in [0.05, 0.1) is 6.61 Å². The van der Waals surface area contributed by atoms with Gasteiger partial charge in [-0.05, 0) is 6.42 Å². The van der Waals surface area contributed by atoms with Crippen molar-refractivity contribution in [1.29, 1.82) is 0 Å². The van der Waals surface area contributed by atoms with Gasteiger partial charge >= 0.3 is 0 Å². The van der Waals surface area contributed by atoms with E-state index in [2.05, 4.69) is 15.1 Å². The smallest absolute Gasteiger partial charge is 0.280 e. The summed E-state index contributed by atoms with van der Waals surface area (Å²) in [6, 6.07) is 0. The van der Waals surface area contributed by atoms with E-state index in [4.69, 9.17) is 13.7 Å². The van der Waals surface area contributed by atoms with E-state index in [1.807, 2.05) is 6.92 Å². The van der Waals surface area contributed by atoms with E-state index in [-0.39, 0.29) is 5.92 Å². The Morgan fingerprint density at radius 3 is 3.18 bits per heavy atom. The number of aromatic nitrogens is 3. The molecule has 6 nitrogen and oxygen atoms in total. The molecule has 1 atom stereocenters. The lowest BCUT2D eigenvalue weighted by molar-refractivity contribution is 0.192. The fourth-order valence-corrected chi connectivity index (χ4v) is 1.93. The first-order valence-corrected chi connectivity index (χ1v) is 5.72. The molecule has 0 spiro atoms. The molecule has 2 aromatic rings. The number of aryl methyl sites for hydroxylation is 1. The number of ether oxygens (including phenoxy) is 1. The first-order chi connectivity index (χ1) is 8.38. The highest BCUT2D eigenvalue weighted by atomic mass is 16.5. The largest absolute Gasteiger partial charge is 0.448 e. The van der Waals surface area contributed by atoms with E-state index < -0.39 is 0 Å². The van der Waals surface area contributed by atoms with E-state index in [0.29, 0.717) is 24.0 Å². The molecule has 17 heavy (non-hydrogen) atoms. The molecule has 1 aliphatic rings. The maximum Gasteiger partial charge on any atom is 0.280 e. The lowest BCUT2D eigenvalue weighted by atomic mass is 10.1. The summed E-state index contributed by atoms with van der Waals surface area (Å²) >= 11 is 0. The van der Waals surface area contributed by atoms with Crippen LogP contribution in [0.15, 0.2) is 15.3 Å². The fraction of sp³-hybridized carbons (Fsp3) is 0.545. The minimum absolute atomic E-state index is 0.240. The van der Waals surface area contributed by atoms with Crippen molar-refractivity contribution in [3.05, 3.63) is 18.0 Å². The summed E-state index contributed by atoms with van der Waals surface area (Å²) in [5.74, 6) is 2.13. The molecule has 1 fully saturated rings. The van der Waals surface area contributed by atoms with Gasteiger partial charge in [0.2, 0.25) is 0 Å². The van der Waals surface area contributed by atoms with Crippen molar-refractivity contribution >= 4 is 0 Å². The molecule has 1 aliphatic heterocycles. The van der Waals surface area contributed by atoms with Gasteiger partial charge in [-0.2, -0.15) is 4.98 Å². The average molecular weight is 235 g/mol. The van der Waals surface area contributed by atoms with Crippen molar-refractivity contribution in [3.63, 3.8) is 0 Å². The van der Waals surface area contributed by atoms with E-state index >= 15 is 0 Å². The molecule has 1 saturated heterocycles. The second-order valence-corrected chi connectivity index (χ2v) is 4.00. The van der Waals surface area contributed by atoms with Gasteiger partial charge < -0.3 is 13.7 Å². The Hall–Kier alpha value is -1.69. The molecule has 0 amide bonds. The Kier molecular flexibility index (Phi) is 2.64. The second kappa shape index (κ2) is 4.29. The zero-order chi connectivity index (χ0) is 11.7. The Balaban J connectivity index is 1.89. The summed E-state index contributed by atoms with van der Waals surface area (Å²) < 4.78 is 15.8. The molecule has 6 heteroatoms. The van der Waals surface area contributed by atoms with Crippen molar-refractivity contribution in [2.45, 2.75) is 25.7 Å². The normalized spacial score (nSPS) is 19.9. The van der Waals surface area contributed by atoms with Gasteiger partial charge in [0.15, 0.2) is 17.9 Å². The monoisotopic (exact) mass is 235 g/mol. The molecular formula is C11H13N3O3. The van der Waals surface area contributed by atoms with Gasteiger partial charge in [-0.25, -0.2) is 4.98 Å². The average Bonchev–Trinajstić information content (AvgIpc) is 3.09. The van der Waals surface area contributed by atoms with Gasteiger partial charge in [-0.1, -0.05) is 12.1 Å². The van der Waals surface area contributed by atoms with Gasteiger partial charge in [0, 0.05) is 18.9 Å². The standard InChI is InChI=1S/C11H13N3O3/c1-2-8-9(12-6-16-8)11-13-10(14-17-11)7-3-4-15-5-7/h6-7H,2-5H2,1H3/t7-/m1/s1. The number of rotatable bonds is 3. The van der Waals surface area contributed by atoms with Crippen LogP contribution in [0.2, 0.25) is 0 Å². The third kappa shape index (κ3) is 1.84. The Morgan fingerprint density at radius 1 is 1.47 bits per heavy atom. The predicted molar refractivity (Wildman–Crippen MR) is 57.4 cm³/mol. The predicted octanol–water partition coefficient (Wildman–Crippen LogP) is 1.79. The highest BCUT2D eigenvalue weighted by Gasteiger charge is 2.24. The van der Waals surface area contributed by atoms with Gasteiger partial charge in [-0.15, -0.1) is 0 Å². The first-order valence-electron chi connectivity index (χ1n) is 5.72. The SMILES string of the molecule is CCc1ocnc1-c1nc([C@@H]2CCOC2)no1. The number of hydrogen-bond acceptors (Lipinski definition) is 6. The first kappa shape index (κ1) is 10.5. The maximum atomic E-state index is 5.30. The molecule has 0 bridgehead atoms. The van der Waals surface area contributed by atoms with E-state index in [1.54, 1.807) is 0 Å². The summed E-state index contributed by atoms with van der Waals surface area (Å²) in [7, 11) is 0. The van der Waals surface area contributed by atoms with Crippen molar-refractivity contribution < 1.29 is 13.7 Å². The number of nitrogens with zero attached hydrogens (tertiary/aromatic N) is 3.